The average molecular weight is 452 g/mol. The second kappa shape index (κ2) is 8.58. The molecule has 0 aromatic heterocycles. The molecule has 0 bridgehead atoms. The van der Waals surface area contributed by atoms with E-state index in [2.05, 4.69) is 4.90 Å². The minimum atomic E-state index is -0.173. The molecule has 2 aromatic rings. The number of carbonyl (C=O) groups is 3. The minimum Gasteiger partial charge on any atom is -0.368 e. The molecule has 6 nitrogen and oxygen atoms in total. The molecular weight excluding hydrogens is 426 g/mol. The van der Waals surface area contributed by atoms with Crippen LogP contribution in [0, 0.1) is 11.8 Å². The van der Waals surface area contributed by atoms with Gasteiger partial charge in [-0.2, -0.15) is 0 Å². The van der Waals surface area contributed by atoms with Gasteiger partial charge in [0.15, 0.2) is 0 Å². The van der Waals surface area contributed by atoms with E-state index < -0.39 is 0 Å². The van der Waals surface area contributed by atoms with Crippen molar-refractivity contribution in [2.75, 3.05) is 36.0 Å². The second-order valence-electron chi connectivity index (χ2n) is 8.82. The fraction of sp³-hybridized carbons (Fsp3) is 0.400. The summed E-state index contributed by atoms with van der Waals surface area (Å²) in [5.74, 6) is -0.552. The number of piperazine rings is 1. The van der Waals surface area contributed by atoms with Crippen molar-refractivity contribution in [2.45, 2.75) is 25.7 Å². The van der Waals surface area contributed by atoms with Crippen LogP contribution in [0.25, 0.3) is 0 Å². The minimum absolute atomic E-state index is 0.0324. The summed E-state index contributed by atoms with van der Waals surface area (Å²) in [6.45, 7) is 2.73. The van der Waals surface area contributed by atoms with Gasteiger partial charge in [-0.1, -0.05) is 30.5 Å². The Balaban J connectivity index is 1.24. The van der Waals surface area contributed by atoms with Crippen molar-refractivity contribution >= 4 is 40.7 Å². The summed E-state index contributed by atoms with van der Waals surface area (Å²) in [7, 11) is 0. The van der Waals surface area contributed by atoms with Gasteiger partial charge in [-0.3, -0.25) is 19.3 Å². The molecule has 3 amide bonds. The second-order valence-corrected chi connectivity index (χ2v) is 9.25. The Bertz CT molecular complexity index is 1020. The van der Waals surface area contributed by atoms with E-state index >= 15 is 0 Å². The molecule has 0 spiro atoms. The van der Waals surface area contributed by atoms with Crippen molar-refractivity contribution in [1.82, 2.24) is 4.90 Å². The Morgan fingerprint density at radius 2 is 1.44 bits per heavy atom. The smallest absolute Gasteiger partial charge is 0.253 e. The predicted molar refractivity (Wildman–Crippen MR) is 124 cm³/mol. The number of hydrogen-bond acceptors (Lipinski definition) is 4. The Labute approximate surface area is 192 Å². The van der Waals surface area contributed by atoms with Crippen LogP contribution >= 0.6 is 11.6 Å². The maximum Gasteiger partial charge on any atom is 0.253 e. The fourth-order valence-corrected chi connectivity index (χ4v) is 5.38. The van der Waals surface area contributed by atoms with Gasteiger partial charge in [-0.15, -0.1) is 0 Å². The van der Waals surface area contributed by atoms with Crippen LogP contribution in [0.3, 0.4) is 0 Å². The van der Waals surface area contributed by atoms with Gasteiger partial charge in [0, 0.05) is 42.5 Å². The maximum absolute atomic E-state index is 13.0. The zero-order valence-electron chi connectivity index (χ0n) is 17.9. The molecule has 1 saturated carbocycles. The van der Waals surface area contributed by atoms with Gasteiger partial charge < -0.3 is 9.80 Å². The summed E-state index contributed by atoms with van der Waals surface area (Å²) in [5.41, 5.74) is 2.20. The summed E-state index contributed by atoms with van der Waals surface area (Å²) in [6, 6.07) is 14.7. The molecular formula is C25H26ClN3O3. The first-order valence-electron chi connectivity index (χ1n) is 11.3. The molecule has 32 heavy (non-hydrogen) atoms. The van der Waals surface area contributed by atoms with Crippen LogP contribution in [0.15, 0.2) is 48.5 Å². The lowest BCUT2D eigenvalue weighted by molar-refractivity contribution is -0.122. The maximum atomic E-state index is 13.0. The number of benzene rings is 2. The van der Waals surface area contributed by atoms with E-state index in [4.69, 9.17) is 11.6 Å². The highest BCUT2D eigenvalue weighted by Gasteiger charge is 2.48. The number of anilines is 2. The molecule has 7 heteroatoms. The van der Waals surface area contributed by atoms with Crippen molar-refractivity contribution in [2.24, 2.45) is 11.8 Å². The molecule has 166 valence electrons. The first kappa shape index (κ1) is 21.0. The number of halogens is 1. The third-order valence-electron chi connectivity index (χ3n) is 6.95. The van der Waals surface area contributed by atoms with E-state index in [-0.39, 0.29) is 29.6 Å². The molecule has 0 radical (unpaired) electrons. The van der Waals surface area contributed by atoms with Crippen molar-refractivity contribution in [3.8, 4) is 0 Å². The number of hydrogen-bond donors (Lipinski definition) is 0. The zero-order chi connectivity index (χ0) is 22.2. The van der Waals surface area contributed by atoms with Crippen LogP contribution in [0.1, 0.15) is 36.0 Å². The van der Waals surface area contributed by atoms with Gasteiger partial charge >= 0.3 is 0 Å². The molecule has 2 aromatic carbocycles. The normalized spacial score (nSPS) is 23.5. The Morgan fingerprint density at radius 1 is 0.812 bits per heavy atom. The molecule has 3 aliphatic rings. The van der Waals surface area contributed by atoms with Crippen LogP contribution in [0.2, 0.25) is 5.02 Å². The van der Waals surface area contributed by atoms with Gasteiger partial charge in [0.2, 0.25) is 11.8 Å². The first-order valence-corrected chi connectivity index (χ1v) is 11.7. The van der Waals surface area contributed by atoms with Crippen LogP contribution in [0.5, 0.6) is 0 Å². The van der Waals surface area contributed by atoms with E-state index in [1.54, 1.807) is 24.3 Å². The highest BCUT2D eigenvalue weighted by atomic mass is 35.5. The number of rotatable bonds is 3. The summed E-state index contributed by atoms with van der Waals surface area (Å²) >= 11 is 6.10. The Hall–Kier alpha value is -2.86. The lowest BCUT2D eigenvalue weighted by Gasteiger charge is -2.36. The molecule has 2 aliphatic heterocycles. The monoisotopic (exact) mass is 451 g/mol. The van der Waals surface area contributed by atoms with Gasteiger partial charge in [-0.25, -0.2) is 0 Å². The average Bonchev–Trinajstić information content (AvgIpc) is 3.09. The van der Waals surface area contributed by atoms with E-state index in [1.165, 1.54) is 4.90 Å². The van der Waals surface area contributed by atoms with E-state index in [0.29, 0.717) is 29.4 Å². The molecule has 2 saturated heterocycles. The van der Waals surface area contributed by atoms with Crippen molar-refractivity contribution in [3.05, 3.63) is 59.1 Å². The number of carbonyl (C=O) groups excluding carboxylic acids is 3. The Morgan fingerprint density at radius 3 is 2.03 bits per heavy atom. The number of nitrogens with zero attached hydrogens (tertiary/aromatic N) is 3. The molecule has 0 N–H and O–H groups in total. The third kappa shape index (κ3) is 3.77. The van der Waals surface area contributed by atoms with E-state index in [1.807, 2.05) is 29.2 Å². The highest BCUT2D eigenvalue weighted by molar-refractivity contribution is 6.30. The van der Waals surface area contributed by atoms with Crippen molar-refractivity contribution < 1.29 is 14.4 Å². The predicted octanol–water partition coefficient (Wildman–Crippen LogP) is 3.98. The summed E-state index contributed by atoms with van der Waals surface area (Å²) in [4.78, 5) is 44.0. The quantitative estimate of drug-likeness (QED) is 0.662. The summed E-state index contributed by atoms with van der Waals surface area (Å²) < 4.78 is 0. The fourth-order valence-electron chi connectivity index (χ4n) is 5.19. The molecule has 3 fully saturated rings. The van der Waals surface area contributed by atoms with Gasteiger partial charge in [-0.05, 0) is 55.3 Å². The number of imide groups is 1. The third-order valence-corrected chi connectivity index (χ3v) is 7.19. The van der Waals surface area contributed by atoms with Crippen LogP contribution < -0.4 is 9.80 Å². The first-order chi connectivity index (χ1) is 15.5. The van der Waals surface area contributed by atoms with Gasteiger partial charge in [0.05, 0.1) is 17.5 Å². The number of fused-ring (bicyclic) bond motifs is 1. The van der Waals surface area contributed by atoms with Crippen molar-refractivity contribution in [1.29, 1.82) is 0 Å². The van der Waals surface area contributed by atoms with E-state index in [9.17, 15) is 14.4 Å². The molecule has 2 heterocycles. The van der Waals surface area contributed by atoms with Gasteiger partial charge in [0.1, 0.15) is 0 Å². The summed E-state index contributed by atoms with van der Waals surface area (Å²) in [6.07, 6.45) is 3.60. The Kier molecular flexibility index (Phi) is 5.64. The topological polar surface area (TPSA) is 60.9 Å². The standard InChI is InChI=1S/C25H26ClN3O3/c26-18-4-3-5-20(16-18)27-12-14-28(15-13-27)23(30)17-8-10-19(11-9-17)29-24(31)21-6-1-2-7-22(21)25(29)32/h3-5,8-11,16,21-22H,1-2,6-7,12-15H2/t21-,22-/m0/s1. The number of amides is 3. The van der Waals surface area contributed by atoms with Crippen LogP contribution in [-0.4, -0.2) is 48.8 Å². The summed E-state index contributed by atoms with van der Waals surface area (Å²) in [5, 5.41) is 0.704. The molecule has 5 rings (SSSR count). The van der Waals surface area contributed by atoms with Crippen molar-refractivity contribution in [3.63, 3.8) is 0 Å². The SMILES string of the molecule is O=C(c1ccc(N2C(=O)[C@H]3CCCC[C@@H]3C2=O)cc1)N1CCN(c2cccc(Cl)c2)CC1. The lowest BCUT2D eigenvalue weighted by Crippen LogP contribution is -2.48. The van der Waals surface area contributed by atoms with Crippen LogP contribution in [-0.2, 0) is 9.59 Å². The van der Waals surface area contributed by atoms with E-state index in [0.717, 1.165) is 44.5 Å². The molecule has 0 unspecified atom stereocenters. The van der Waals surface area contributed by atoms with Gasteiger partial charge in [0.25, 0.3) is 5.91 Å². The largest absolute Gasteiger partial charge is 0.368 e. The lowest BCUT2D eigenvalue weighted by atomic mass is 9.81. The molecule has 2 atom stereocenters. The molecule has 1 aliphatic carbocycles. The van der Waals surface area contributed by atoms with Crippen LogP contribution in [0.4, 0.5) is 11.4 Å². The highest BCUT2D eigenvalue weighted by Crippen LogP contribution is 2.40. The zero-order valence-corrected chi connectivity index (χ0v) is 18.6.